The first-order chi connectivity index (χ1) is 10.2. The fraction of sp³-hybridized carbons (Fsp3) is 0.500. The van der Waals surface area contributed by atoms with Gasteiger partial charge < -0.3 is 15.2 Å². The van der Waals surface area contributed by atoms with E-state index in [2.05, 4.69) is 14.5 Å². The Balaban J connectivity index is 3.26. The van der Waals surface area contributed by atoms with E-state index in [4.69, 9.17) is 5.73 Å². The first kappa shape index (κ1) is 18.1. The lowest BCUT2D eigenvalue weighted by atomic mass is 10.0. The van der Waals surface area contributed by atoms with Crippen LogP contribution < -0.4 is 10.5 Å². The van der Waals surface area contributed by atoms with Crippen LogP contribution in [0.25, 0.3) is 0 Å². The van der Waals surface area contributed by atoms with Crippen molar-refractivity contribution in [3.8, 4) is 5.88 Å². The fourth-order valence-corrected chi connectivity index (χ4v) is 1.71. The minimum Gasteiger partial charge on any atom is -0.466 e. The molecule has 0 saturated heterocycles. The third-order valence-corrected chi connectivity index (χ3v) is 2.50. The van der Waals surface area contributed by atoms with Crippen molar-refractivity contribution in [3.63, 3.8) is 0 Å². The number of hydrogen-bond acceptors (Lipinski definition) is 5. The molecule has 10 heteroatoms. The molecule has 0 spiro atoms. The van der Waals surface area contributed by atoms with Crippen molar-refractivity contribution in [2.24, 2.45) is 5.73 Å². The molecule has 0 aliphatic carbocycles. The Kier molecular flexibility index (Phi) is 6.03. The van der Waals surface area contributed by atoms with Crippen LogP contribution in [-0.4, -0.2) is 23.9 Å². The van der Waals surface area contributed by atoms with E-state index < -0.39 is 36.8 Å². The summed E-state index contributed by atoms with van der Waals surface area (Å²) in [5.41, 5.74) is 3.99. The quantitative estimate of drug-likeness (QED) is 0.641. The summed E-state index contributed by atoms with van der Waals surface area (Å²) in [6.45, 7) is 1.18. The summed E-state index contributed by atoms with van der Waals surface area (Å²) < 4.78 is 70.7. The summed E-state index contributed by atoms with van der Waals surface area (Å²) in [5.74, 6) is -1.87. The zero-order valence-electron chi connectivity index (χ0n) is 11.4. The van der Waals surface area contributed by atoms with Gasteiger partial charge in [0.25, 0.3) is 6.43 Å². The molecular formula is C12H13F5N2O3. The Hall–Kier alpha value is -1.97. The van der Waals surface area contributed by atoms with E-state index in [1.54, 1.807) is 0 Å². The van der Waals surface area contributed by atoms with Crippen molar-refractivity contribution >= 4 is 5.97 Å². The zero-order chi connectivity index (χ0) is 16.9. The second-order valence-corrected chi connectivity index (χ2v) is 4.02. The van der Waals surface area contributed by atoms with Gasteiger partial charge in [-0.3, -0.25) is 4.79 Å². The predicted molar refractivity (Wildman–Crippen MR) is 64.1 cm³/mol. The van der Waals surface area contributed by atoms with Gasteiger partial charge in [0.1, 0.15) is 5.69 Å². The molecule has 0 aliphatic rings. The molecule has 0 fully saturated rings. The van der Waals surface area contributed by atoms with Gasteiger partial charge in [0, 0.05) is 12.6 Å². The minimum atomic E-state index is -5.08. The molecule has 0 atom stereocenters. The van der Waals surface area contributed by atoms with E-state index >= 15 is 0 Å². The number of alkyl halides is 5. The topological polar surface area (TPSA) is 74.4 Å². The maximum atomic E-state index is 13.0. The lowest BCUT2D eigenvalue weighted by Crippen LogP contribution is -2.20. The molecule has 1 aromatic rings. The second kappa shape index (κ2) is 7.34. The van der Waals surface area contributed by atoms with Gasteiger partial charge in [-0.05, 0) is 18.1 Å². The number of pyridine rings is 1. The van der Waals surface area contributed by atoms with Crippen molar-refractivity contribution < 1.29 is 36.2 Å². The fourth-order valence-electron chi connectivity index (χ4n) is 1.71. The normalized spacial score (nSPS) is 11.6. The SMILES string of the molecule is CCOC(=O)Cc1c(CN)cc(OC(F)(F)F)nc1C(F)F. The monoisotopic (exact) mass is 328 g/mol. The number of carbonyl (C=O) groups is 1. The van der Waals surface area contributed by atoms with Crippen LogP contribution in [0.1, 0.15) is 30.2 Å². The number of hydrogen-bond donors (Lipinski definition) is 1. The molecule has 22 heavy (non-hydrogen) atoms. The number of carbonyl (C=O) groups excluding carboxylic acids is 1. The third-order valence-electron chi connectivity index (χ3n) is 2.50. The van der Waals surface area contributed by atoms with Crippen molar-refractivity contribution in [1.29, 1.82) is 0 Å². The van der Waals surface area contributed by atoms with E-state index in [-0.39, 0.29) is 24.3 Å². The Morgan fingerprint density at radius 1 is 1.41 bits per heavy atom. The lowest BCUT2D eigenvalue weighted by Gasteiger charge is -2.15. The molecule has 5 nitrogen and oxygen atoms in total. The van der Waals surface area contributed by atoms with Gasteiger partial charge in [0.15, 0.2) is 0 Å². The summed E-state index contributed by atoms with van der Waals surface area (Å²) in [6.07, 6.45) is -8.85. The minimum absolute atomic E-state index is 0.0313. The number of aromatic nitrogens is 1. The molecule has 1 heterocycles. The summed E-state index contributed by atoms with van der Waals surface area (Å²) in [7, 11) is 0. The smallest absolute Gasteiger partial charge is 0.466 e. The molecule has 0 aromatic carbocycles. The first-order valence-corrected chi connectivity index (χ1v) is 6.10. The van der Waals surface area contributed by atoms with Gasteiger partial charge >= 0.3 is 12.3 Å². The summed E-state index contributed by atoms with van der Waals surface area (Å²) >= 11 is 0. The largest absolute Gasteiger partial charge is 0.574 e. The van der Waals surface area contributed by atoms with Crippen molar-refractivity contribution in [2.45, 2.75) is 32.7 Å². The van der Waals surface area contributed by atoms with Gasteiger partial charge in [-0.1, -0.05) is 0 Å². The highest BCUT2D eigenvalue weighted by molar-refractivity contribution is 5.73. The number of nitrogens with zero attached hydrogens (tertiary/aromatic N) is 1. The van der Waals surface area contributed by atoms with E-state index in [1.807, 2.05) is 0 Å². The van der Waals surface area contributed by atoms with Crippen molar-refractivity contribution in [1.82, 2.24) is 4.98 Å². The average molecular weight is 328 g/mol. The Labute approximate surface area is 122 Å². The average Bonchev–Trinajstić information content (AvgIpc) is 2.38. The molecule has 0 bridgehead atoms. The van der Waals surface area contributed by atoms with Crippen LogP contribution in [0.5, 0.6) is 5.88 Å². The maximum absolute atomic E-state index is 13.0. The van der Waals surface area contributed by atoms with E-state index in [0.29, 0.717) is 0 Å². The Morgan fingerprint density at radius 2 is 2.05 bits per heavy atom. The van der Waals surface area contributed by atoms with Crippen LogP contribution in [0.3, 0.4) is 0 Å². The molecule has 0 amide bonds. The van der Waals surface area contributed by atoms with E-state index in [0.717, 1.165) is 6.07 Å². The van der Waals surface area contributed by atoms with Crippen LogP contribution >= 0.6 is 0 Å². The van der Waals surface area contributed by atoms with Gasteiger partial charge in [-0.15, -0.1) is 13.2 Å². The Bertz CT molecular complexity index is 534. The van der Waals surface area contributed by atoms with Crippen LogP contribution in [-0.2, 0) is 22.5 Å². The van der Waals surface area contributed by atoms with Gasteiger partial charge in [0.2, 0.25) is 5.88 Å². The zero-order valence-corrected chi connectivity index (χ0v) is 11.4. The molecule has 1 rings (SSSR count). The number of ether oxygens (including phenoxy) is 2. The van der Waals surface area contributed by atoms with E-state index in [1.165, 1.54) is 6.92 Å². The number of rotatable bonds is 6. The summed E-state index contributed by atoms with van der Waals surface area (Å²) in [6, 6.07) is 0.772. The van der Waals surface area contributed by atoms with Crippen molar-refractivity contribution in [3.05, 3.63) is 22.9 Å². The molecule has 1 aromatic heterocycles. The van der Waals surface area contributed by atoms with E-state index in [9.17, 15) is 26.7 Å². The number of esters is 1. The molecule has 0 aliphatic heterocycles. The molecular weight excluding hydrogens is 315 g/mol. The highest BCUT2D eigenvalue weighted by Crippen LogP contribution is 2.30. The van der Waals surface area contributed by atoms with Crippen molar-refractivity contribution in [2.75, 3.05) is 6.61 Å². The number of nitrogens with two attached hydrogens (primary N) is 1. The molecule has 0 unspecified atom stereocenters. The van der Waals surface area contributed by atoms with Gasteiger partial charge in [-0.25, -0.2) is 13.8 Å². The van der Waals surface area contributed by atoms with Crippen LogP contribution in [0.4, 0.5) is 22.0 Å². The van der Waals surface area contributed by atoms with Gasteiger partial charge in [-0.2, -0.15) is 0 Å². The Morgan fingerprint density at radius 3 is 2.50 bits per heavy atom. The predicted octanol–water partition coefficient (Wildman–Crippen LogP) is 2.48. The number of halogens is 5. The summed E-state index contributed by atoms with van der Waals surface area (Å²) in [4.78, 5) is 14.5. The standard InChI is InChI=1S/C12H13F5N2O3/c1-2-21-9(20)4-7-6(5-18)3-8(22-12(15,16)17)19-10(7)11(13)14/h3,11H,2,4-5,18H2,1H3. The van der Waals surface area contributed by atoms with Crippen LogP contribution in [0, 0.1) is 0 Å². The maximum Gasteiger partial charge on any atom is 0.574 e. The second-order valence-electron chi connectivity index (χ2n) is 4.02. The van der Waals surface area contributed by atoms with Gasteiger partial charge in [0.05, 0.1) is 13.0 Å². The highest BCUT2D eigenvalue weighted by atomic mass is 19.4. The molecule has 0 saturated carbocycles. The molecule has 124 valence electrons. The van der Waals surface area contributed by atoms with Crippen LogP contribution in [0.2, 0.25) is 0 Å². The molecule has 2 N–H and O–H groups in total. The third kappa shape index (κ3) is 5.10. The first-order valence-electron chi connectivity index (χ1n) is 6.10. The lowest BCUT2D eigenvalue weighted by molar-refractivity contribution is -0.276. The summed E-state index contributed by atoms with van der Waals surface area (Å²) in [5, 5.41) is 0. The van der Waals surface area contributed by atoms with Crippen LogP contribution in [0.15, 0.2) is 6.07 Å². The molecule has 0 radical (unpaired) electrons. The highest BCUT2D eigenvalue weighted by Gasteiger charge is 2.33.